The summed E-state index contributed by atoms with van der Waals surface area (Å²) in [6.07, 6.45) is 7.71. The predicted molar refractivity (Wildman–Crippen MR) is 112 cm³/mol. The van der Waals surface area contributed by atoms with Gasteiger partial charge in [0.05, 0.1) is 23.9 Å². The highest BCUT2D eigenvalue weighted by molar-refractivity contribution is 6.30. The SMILES string of the molecule is CCCCCC(=O)N1C[C@H](n2cc(C3CC3)nn2)[C@@H](O)C[C@H]1c1ccc(Cl)cc1. The maximum absolute atomic E-state index is 13.1. The van der Waals surface area contributed by atoms with Crippen molar-refractivity contribution in [2.24, 2.45) is 0 Å². The lowest BCUT2D eigenvalue weighted by molar-refractivity contribution is -0.139. The van der Waals surface area contributed by atoms with Crippen LogP contribution < -0.4 is 0 Å². The van der Waals surface area contributed by atoms with Gasteiger partial charge in [-0.1, -0.05) is 48.7 Å². The fourth-order valence-corrected chi connectivity index (χ4v) is 4.31. The van der Waals surface area contributed by atoms with Crippen LogP contribution in [-0.2, 0) is 4.79 Å². The molecule has 1 amide bonds. The van der Waals surface area contributed by atoms with Crippen LogP contribution in [0.4, 0.5) is 0 Å². The van der Waals surface area contributed by atoms with Crippen LogP contribution in [0, 0.1) is 0 Å². The molecule has 6 nitrogen and oxygen atoms in total. The lowest BCUT2D eigenvalue weighted by Gasteiger charge is -2.42. The molecule has 2 aromatic rings. The van der Waals surface area contributed by atoms with E-state index in [2.05, 4.69) is 17.2 Å². The third kappa shape index (κ3) is 4.64. The average Bonchev–Trinajstić information content (AvgIpc) is 3.46. The number of likely N-dealkylation sites (tertiary alicyclic amines) is 1. The first-order chi connectivity index (χ1) is 14.1. The van der Waals surface area contributed by atoms with E-state index in [-0.39, 0.29) is 18.0 Å². The Bertz CT molecular complexity index is 834. The van der Waals surface area contributed by atoms with E-state index in [0.717, 1.165) is 43.4 Å². The molecular formula is C22H29ClN4O2. The first kappa shape index (κ1) is 20.4. The average molecular weight is 417 g/mol. The van der Waals surface area contributed by atoms with Crippen molar-refractivity contribution in [3.8, 4) is 0 Å². The van der Waals surface area contributed by atoms with Crippen LogP contribution in [0.25, 0.3) is 0 Å². The highest BCUT2D eigenvalue weighted by Crippen LogP contribution is 2.40. The Morgan fingerprint density at radius 3 is 2.69 bits per heavy atom. The van der Waals surface area contributed by atoms with Crippen LogP contribution in [0.5, 0.6) is 0 Å². The maximum Gasteiger partial charge on any atom is 0.223 e. The van der Waals surface area contributed by atoms with Crippen LogP contribution in [0.15, 0.2) is 30.5 Å². The molecule has 7 heteroatoms. The number of halogens is 1. The largest absolute Gasteiger partial charge is 0.391 e. The lowest BCUT2D eigenvalue weighted by Crippen LogP contribution is -2.48. The molecule has 29 heavy (non-hydrogen) atoms. The van der Waals surface area contributed by atoms with E-state index < -0.39 is 6.10 Å². The van der Waals surface area contributed by atoms with Crippen LogP contribution in [0.1, 0.15) is 81.1 Å². The second-order valence-corrected chi connectivity index (χ2v) is 8.78. The number of hydrogen-bond acceptors (Lipinski definition) is 4. The Kier molecular flexibility index (Phi) is 6.20. The van der Waals surface area contributed by atoms with E-state index in [0.29, 0.717) is 30.3 Å². The van der Waals surface area contributed by atoms with Crippen molar-refractivity contribution >= 4 is 17.5 Å². The fraction of sp³-hybridized carbons (Fsp3) is 0.591. The minimum absolute atomic E-state index is 0.137. The molecule has 1 saturated heterocycles. The molecule has 0 unspecified atom stereocenters. The summed E-state index contributed by atoms with van der Waals surface area (Å²) in [6.45, 7) is 2.57. The van der Waals surface area contributed by atoms with Gasteiger partial charge in [0, 0.05) is 36.5 Å². The zero-order valence-corrected chi connectivity index (χ0v) is 17.6. The van der Waals surface area contributed by atoms with Crippen molar-refractivity contribution < 1.29 is 9.90 Å². The van der Waals surface area contributed by atoms with Crippen LogP contribution in [-0.4, -0.2) is 43.6 Å². The van der Waals surface area contributed by atoms with Gasteiger partial charge in [-0.3, -0.25) is 4.79 Å². The van der Waals surface area contributed by atoms with Gasteiger partial charge in [-0.15, -0.1) is 5.10 Å². The summed E-state index contributed by atoms with van der Waals surface area (Å²) >= 11 is 6.05. The van der Waals surface area contributed by atoms with Crippen molar-refractivity contribution in [1.82, 2.24) is 19.9 Å². The van der Waals surface area contributed by atoms with Crippen molar-refractivity contribution in [3.05, 3.63) is 46.7 Å². The van der Waals surface area contributed by atoms with Gasteiger partial charge in [0.1, 0.15) is 0 Å². The zero-order valence-electron chi connectivity index (χ0n) is 16.9. The first-order valence-electron chi connectivity index (χ1n) is 10.7. The summed E-state index contributed by atoms with van der Waals surface area (Å²) in [5.41, 5.74) is 2.01. The number of nitrogens with zero attached hydrogens (tertiary/aromatic N) is 4. The molecule has 3 atom stereocenters. The van der Waals surface area contributed by atoms with Crippen molar-refractivity contribution in [2.75, 3.05) is 6.54 Å². The van der Waals surface area contributed by atoms with E-state index >= 15 is 0 Å². The standard InChI is InChI=1S/C22H29ClN4O2/c1-2-3-4-5-22(29)26-14-20(27-13-18(24-25-27)15-6-7-15)21(28)12-19(26)16-8-10-17(23)11-9-16/h8-11,13,15,19-21,28H,2-7,12,14H2,1H3/t19-,20-,21-/m0/s1. The Morgan fingerprint density at radius 1 is 1.24 bits per heavy atom. The van der Waals surface area contributed by atoms with Gasteiger partial charge in [-0.2, -0.15) is 0 Å². The Balaban J connectivity index is 1.56. The maximum atomic E-state index is 13.1. The normalized spacial score (nSPS) is 24.7. The fourth-order valence-electron chi connectivity index (χ4n) is 4.19. The predicted octanol–water partition coefficient (Wildman–Crippen LogP) is 4.26. The quantitative estimate of drug-likeness (QED) is 0.684. The van der Waals surface area contributed by atoms with Gasteiger partial charge in [-0.05, 0) is 37.0 Å². The Hall–Kier alpha value is -1.92. The number of amides is 1. The van der Waals surface area contributed by atoms with Gasteiger partial charge < -0.3 is 10.0 Å². The second kappa shape index (κ2) is 8.84. The summed E-state index contributed by atoms with van der Waals surface area (Å²) in [4.78, 5) is 15.0. The zero-order chi connectivity index (χ0) is 20.4. The molecule has 0 bridgehead atoms. The monoisotopic (exact) mass is 416 g/mol. The molecule has 1 N–H and O–H groups in total. The topological polar surface area (TPSA) is 71.2 Å². The Morgan fingerprint density at radius 2 is 2.00 bits per heavy atom. The summed E-state index contributed by atoms with van der Waals surface area (Å²) in [7, 11) is 0. The third-order valence-electron chi connectivity index (χ3n) is 6.10. The van der Waals surface area contributed by atoms with Gasteiger partial charge in [0.25, 0.3) is 0 Å². The molecule has 4 rings (SSSR count). The molecule has 1 aromatic carbocycles. The van der Waals surface area contributed by atoms with E-state index in [1.54, 1.807) is 4.68 Å². The van der Waals surface area contributed by atoms with Crippen LogP contribution in [0.2, 0.25) is 5.02 Å². The van der Waals surface area contributed by atoms with Crippen LogP contribution >= 0.6 is 11.6 Å². The number of carbonyl (C=O) groups is 1. The number of carbonyl (C=O) groups excluding carboxylic acids is 1. The molecular weight excluding hydrogens is 388 g/mol. The van der Waals surface area contributed by atoms with Gasteiger partial charge in [0.15, 0.2) is 0 Å². The number of rotatable bonds is 7. The summed E-state index contributed by atoms with van der Waals surface area (Å²) < 4.78 is 1.77. The van der Waals surface area contributed by atoms with Gasteiger partial charge >= 0.3 is 0 Å². The second-order valence-electron chi connectivity index (χ2n) is 8.34. The van der Waals surface area contributed by atoms with Crippen molar-refractivity contribution in [1.29, 1.82) is 0 Å². The number of benzene rings is 1. The van der Waals surface area contributed by atoms with Crippen molar-refractivity contribution in [2.45, 2.75) is 76.0 Å². The molecule has 0 radical (unpaired) electrons. The Labute approximate surface area is 176 Å². The smallest absolute Gasteiger partial charge is 0.223 e. The first-order valence-corrected chi connectivity index (χ1v) is 11.1. The number of piperidine rings is 1. The van der Waals surface area contributed by atoms with E-state index in [1.165, 1.54) is 0 Å². The molecule has 1 aliphatic heterocycles. The summed E-state index contributed by atoms with van der Waals surface area (Å²) in [5, 5.41) is 20.2. The number of aromatic nitrogens is 3. The molecule has 1 aliphatic carbocycles. The molecule has 2 heterocycles. The molecule has 1 saturated carbocycles. The van der Waals surface area contributed by atoms with E-state index in [1.807, 2.05) is 35.4 Å². The molecule has 2 fully saturated rings. The number of unbranched alkanes of at least 4 members (excludes halogenated alkanes) is 2. The van der Waals surface area contributed by atoms with Crippen molar-refractivity contribution in [3.63, 3.8) is 0 Å². The molecule has 0 spiro atoms. The van der Waals surface area contributed by atoms with E-state index in [9.17, 15) is 9.90 Å². The summed E-state index contributed by atoms with van der Waals surface area (Å²) in [6, 6.07) is 7.16. The minimum Gasteiger partial charge on any atom is -0.391 e. The van der Waals surface area contributed by atoms with Gasteiger partial charge in [-0.25, -0.2) is 4.68 Å². The third-order valence-corrected chi connectivity index (χ3v) is 6.35. The van der Waals surface area contributed by atoms with E-state index in [4.69, 9.17) is 11.6 Å². The van der Waals surface area contributed by atoms with Gasteiger partial charge in [0.2, 0.25) is 5.91 Å². The highest BCUT2D eigenvalue weighted by Gasteiger charge is 2.39. The molecule has 1 aromatic heterocycles. The molecule has 2 aliphatic rings. The summed E-state index contributed by atoms with van der Waals surface area (Å²) in [5.74, 6) is 0.649. The van der Waals surface area contributed by atoms with Crippen LogP contribution in [0.3, 0.4) is 0 Å². The number of aliphatic hydroxyl groups is 1. The number of aliphatic hydroxyl groups excluding tert-OH is 1. The highest BCUT2D eigenvalue weighted by atomic mass is 35.5. The molecule has 156 valence electrons. The minimum atomic E-state index is -0.593. The lowest BCUT2D eigenvalue weighted by atomic mass is 9.90. The number of hydrogen-bond donors (Lipinski definition) is 1.